The van der Waals surface area contributed by atoms with E-state index in [1.165, 1.54) is 18.7 Å². The van der Waals surface area contributed by atoms with Crippen molar-refractivity contribution in [2.24, 2.45) is 18.9 Å². The van der Waals surface area contributed by atoms with Crippen molar-refractivity contribution in [2.45, 2.75) is 45.1 Å². The van der Waals surface area contributed by atoms with Gasteiger partial charge in [0.2, 0.25) is 10.0 Å². The smallest absolute Gasteiger partial charge is 0.281 e. The molecule has 0 radical (unpaired) electrons. The van der Waals surface area contributed by atoms with Crippen LogP contribution >= 0.6 is 0 Å². The summed E-state index contributed by atoms with van der Waals surface area (Å²) in [5.41, 5.74) is 0.893. The number of hydrogen-bond acceptors (Lipinski definition) is 5. The predicted octanol–water partition coefficient (Wildman–Crippen LogP) is 2.50. The van der Waals surface area contributed by atoms with Crippen molar-refractivity contribution in [3.63, 3.8) is 0 Å². The van der Waals surface area contributed by atoms with E-state index in [1.54, 1.807) is 0 Å². The van der Waals surface area contributed by atoms with Gasteiger partial charge in [-0.15, -0.1) is 0 Å². The minimum absolute atomic E-state index is 0.0108. The van der Waals surface area contributed by atoms with E-state index in [0.717, 1.165) is 22.7 Å². The molecule has 2 aromatic heterocycles. The molecule has 0 fully saturated rings. The average Bonchev–Trinajstić information content (AvgIpc) is 2.70. The summed E-state index contributed by atoms with van der Waals surface area (Å²) in [4.78, 5) is 30.0. The standard InChI is InChI=1S/C22H28N4O4S/c1-13(2)10-15-6-8-16(9-7-15)19(14(3)4)25-31(29,30)17-11-18-20(23-12-17)26(5)22(28)24-21(18)27/h6-9,11-14,19,25H,10H2,1-5H3,(H,24,27,28). The van der Waals surface area contributed by atoms with Crippen LogP contribution in [0.3, 0.4) is 0 Å². The molecule has 0 saturated carbocycles. The molecule has 1 atom stereocenters. The Morgan fingerprint density at radius 2 is 1.74 bits per heavy atom. The second kappa shape index (κ2) is 8.76. The first-order valence-electron chi connectivity index (χ1n) is 10.2. The summed E-state index contributed by atoms with van der Waals surface area (Å²) >= 11 is 0. The van der Waals surface area contributed by atoms with E-state index >= 15 is 0 Å². The van der Waals surface area contributed by atoms with Crippen LogP contribution in [-0.4, -0.2) is 23.0 Å². The number of sulfonamides is 1. The zero-order chi connectivity index (χ0) is 22.9. The quantitative estimate of drug-likeness (QED) is 0.581. The van der Waals surface area contributed by atoms with Gasteiger partial charge in [0.1, 0.15) is 10.5 Å². The predicted molar refractivity (Wildman–Crippen MR) is 120 cm³/mol. The van der Waals surface area contributed by atoms with Crippen molar-refractivity contribution in [1.82, 2.24) is 19.3 Å². The normalized spacial score (nSPS) is 13.3. The summed E-state index contributed by atoms with van der Waals surface area (Å²) in [6.45, 7) is 8.18. The molecule has 0 saturated heterocycles. The van der Waals surface area contributed by atoms with Crippen molar-refractivity contribution in [1.29, 1.82) is 0 Å². The van der Waals surface area contributed by atoms with Gasteiger partial charge in [-0.3, -0.25) is 14.3 Å². The van der Waals surface area contributed by atoms with Gasteiger partial charge < -0.3 is 0 Å². The summed E-state index contributed by atoms with van der Waals surface area (Å²) in [7, 11) is -2.51. The first-order valence-corrected chi connectivity index (χ1v) is 11.7. The fourth-order valence-corrected chi connectivity index (χ4v) is 4.86. The average molecular weight is 445 g/mol. The van der Waals surface area contributed by atoms with Crippen molar-refractivity contribution < 1.29 is 8.42 Å². The van der Waals surface area contributed by atoms with Crippen LogP contribution < -0.4 is 16.0 Å². The number of aryl methyl sites for hydroxylation is 1. The molecule has 0 amide bonds. The fourth-order valence-electron chi connectivity index (χ4n) is 3.52. The molecule has 2 heterocycles. The SMILES string of the molecule is CC(C)Cc1ccc(C(NS(=O)(=O)c2cnc3c(c2)c(=O)[nH]c(=O)n3C)C(C)C)cc1. The van der Waals surface area contributed by atoms with Gasteiger partial charge in [-0.2, -0.15) is 0 Å². The molecule has 0 aliphatic rings. The Kier molecular flexibility index (Phi) is 6.47. The molecule has 3 aromatic rings. The molecular weight excluding hydrogens is 416 g/mol. The Morgan fingerprint density at radius 1 is 1.10 bits per heavy atom. The van der Waals surface area contributed by atoms with Gasteiger partial charge in [0, 0.05) is 19.3 Å². The lowest BCUT2D eigenvalue weighted by Crippen LogP contribution is -2.32. The van der Waals surface area contributed by atoms with Crippen LogP contribution in [0.5, 0.6) is 0 Å². The third-order valence-electron chi connectivity index (χ3n) is 5.17. The van der Waals surface area contributed by atoms with E-state index in [1.807, 2.05) is 38.1 Å². The Bertz CT molecular complexity index is 1310. The Balaban J connectivity index is 1.97. The summed E-state index contributed by atoms with van der Waals surface area (Å²) < 4.78 is 30.1. The number of benzene rings is 1. The van der Waals surface area contributed by atoms with Crippen LogP contribution in [0.25, 0.3) is 11.0 Å². The maximum absolute atomic E-state index is 13.1. The lowest BCUT2D eigenvalue weighted by molar-refractivity contribution is 0.463. The monoisotopic (exact) mass is 444 g/mol. The second-order valence-corrected chi connectivity index (χ2v) is 10.3. The van der Waals surface area contributed by atoms with Gasteiger partial charge in [0.05, 0.1) is 5.39 Å². The topological polar surface area (TPSA) is 114 Å². The Morgan fingerprint density at radius 3 is 2.32 bits per heavy atom. The number of pyridine rings is 1. The molecule has 2 N–H and O–H groups in total. The van der Waals surface area contributed by atoms with Gasteiger partial charge >= 0.3 is 5.69 Å². The molecule has 0 bridgehead atoms. The fraction of sp³-hybridized carbons (Fsp3) is 0.409. The summed E-state index contributed by atoms with van der Waals surface area (Å²) in [6, 6.07) is 8.74. The molecule has 0 aliphatic heterocycles. The molecule has 3 rings (SSSR count). The minimum atomic E-state index is -3.97. The highest BCUT2D eigenvalue weighted by Crippen LogP contribution is 2.25. The molecule has 1 unspecified atom stereocenters. The number of aromatic amines is 1. The van der Waals surface area contributed by atoms with Crippen LogP contribution in [0.1, 0.15) is 44.9 Å². The maximum Gasteiger partial charge on any atom is 0.329 e. The second-order valence-electron chi connectivity index (χ2n) is 8.54. The number of nitrogens with one attached hydrogen (secondary N) is 2. The number of nitrogens with zero attached hydrogens (tertiary/aromatic N) is 2. The largest absolute Gasteiger partial charge is 0.329 e. The lowest BCUT2D eigenvalue weighted by Gasteiger charge is -2.23. The first-order chi connectivity index (χ1) is 14.5. The number of hydrogen-bond donors (Lipinski definition) is 2. The van der Waals surface area contributed by atoms with Crippen molar-refractivity contribution in [2.75, 3.05) is 0 Å². The van der Waals surface area contributed by atoms with Crippen molar-refractivity contribution in [3.8, 4) is 0 Å². The third-order valence-corrected chi connectivity index (χ3v) is 6.58. The summed E-state index contributed by atoms with van der Waals surface area (Å²) in [5.74, 6) is 0.525. The van der Waals surface area contributed by atoms with E-state index in [2.05, 4.69) is 28.5 Å². The van der Waals surface area contributed by atoms with Gasteiger partial charge in [-0.05, 0) is 35.4 Å². The molecule has 31 heavy (non-hydrogen) atoms. The number of aromatic nitrogens is 3. The van der Waals surface area contributed by atoms with Crippen LogP contribution in [0.4, 0.5) is 0 Å². The number of fused-ring (bicyclic) bond motifs is 1. The van der Waals surface area contributed by atoms with E-state index in [9.17, 15) is 18.0 Å². The van der Waals surface area contributed by atoms with Crippen LogP contribution in [0.15, 0.2) is 51.0 Å². The molecule has 8 nitrogen and oxygen atoms in total. The highest BCUT2D eigenvalue weighted by atomic mass is 32.2. The van der Waals surface area contributed by atoms with Gasteiger partial charge in [0.15, 0.2) is 0 Å². The number of H-pyrrole nitrogens is 1. The number of rotatable bonds is 7. The van der Waals surface area contributed by atoms with Gasteiger partial charge in [-0.1, -0.05) is 52.0 Å². The van der Waals surface area contributed by atoms with E-state index in [-0.39, 0.29) is 21.8 Å². The third kappa shape index (κ3) is 4.94. The Labute approximate surface area is 181 Å². The molecule has 0 aliphatic carbocycles. The highest BCUT2D eigenvalue weighted by Gasteiger charge is 2.25. The molecule has 0 spiro atoms. The molecule has 1 aromatic carbocycles. The van der Waals surface area contributed by atoms with E-state index in [0.29, 0.717) is 5.92 Å². The van der Waals surface area contributed by atoms with Crippen molar-refractivity contribution >= 4 is 21.1 Å². The van der Waals surface area contributed by atoms with Crippen LogP contribution in [0, 0.1) is 11.8 Å². The molecular formula is C22H28N4O4S. The zero-order valence-corrected chi connectivity index (χ0v) is 19.2. The van der Waals surface area contributed by atoms with Gasteiger partial charge in [-0.25, -0.2) is 22.9 Å². The van der Waals surface area contributed by atoms with Gasteiger partial charge in [0.25, 0.3) is 5.56 Å². The van der Waals surface area contributed by atoms with Crippen LogP contribution in [-0.2, 0) is 23.5 Å². The molecule has 166 valence electrons. The van der Waals surface area contributed by atoms with E-state index in [4.69, 9.17) is 0 Å². The highest BCUT2D eigenvalue weighted by molar-refractivity contribution is 7.89. The minimum Gasteiger partial charge on any atom is -0.281 e. The lowest BCUT2D eigenvalue weighted by atomic mass is 9.94. The Hall–Kier alpha value is -2.78. The van der Waals surface area contributed by atoms with Crippen molar-refractivity contribution in [3.05, 3.63) is 68.5 Å². The first kappa shape index (κ1) is 22.9. The van der Waals surface area contributed by atoms with Crippen LogP contribution in [0.2, 0.25) is 0 Å². The zero-order valence-electron chi connectivity index (χ0n) is 18.3. The molecule has 9 heteroatoms. The van der Waals surface area contributed by atoms with E-state index < -0.39 is 27.3 Å². The maximum atomic E-state index is 13.1. The summed E-state index contributed by atoms with van der Waals surface area (Å²) in [6.07, 6.45) is 2.12. The summed E-state index contributed by atoms with van der Waals surface area (Å²) in [5, 5.41) is 0.0316.